The van der Waals surface area contributed by atoms with Gasteiger partial charge in [0, 0.05) is 30.6 Å². The molecule has 4 rings (SSSR count). The predicted molar refractivity (Wildman–Crippen MR) is 95.4 cm³/mol. The van der Waals surface area contributed by atoms with Crippen LogP contribution >= 0.6 is 0 Å². The van der Waals surface area contributed by atoms with E-state index in [2.05, 4.69) is 35.0 Å². The number of fused-ring (bicyclic) bond motifs is 1. The highest BCUT2D eigenvalue weighted by molar-refractivity contribution is 6.16. The Labute approximate surface area is 152 Å². The molecule has 2 aliphatic heterocycles. The van der Waals surface area contributed by atoms with Crippen molar-refractivity contribution in [2.45, 2.75) is 45.4 Å². The van der Waals surface area contributed by atoms with E-state index in [1.807, 2.05) is 17.1 Å². The van der Waals surface area contributed by atoms with Crippen molar-refractivity contribution < 1.29 is 9.47 Å². The summed E-state index contributed by atoms with van der Waals surface area (Å²) in [6.07, 6.45) is 5.52. The van der Waals surface area contributed by atoms with Gasteiger partial charge >= 0.3 is 0 Å². The molecule has 0 aromatic carbocycles. The maximum atomic E-state index is 9.31. The number of nitrogens with zero attached hydrogens (tertiary/aromatic N) is 5. The lowest BCUT2D eigenvalue weighted by Crippen LogP contribution is -2.27. The fourth-order valence-corrected chi connectivity index (χ4v) is 3.27. The molecule has 1 saturated heterocycles. The van der Waals surface area contributed by atoms with Crippen molar-refractivity contribution in [3.05, 3.63) is 40.8 Å². The third-order valence-corrected chi connectivity index (χ3v) is 4.68. The first-order valence-electron chi connectivity index (χ1n) is 8.93. The molecule has 0 atom stereocenters. The van der Waals surface area contributed by atoms with Crippen LogP contribution in [-0.4, -0.2) is 39.8 Å². The van der Waals surface area contributed by atoms with E-state index in [4.69, 9.17) is 9.47 Å². The first-order chi connectivity index (χ1) is 12.7. The van der Waals surface area contributed by atoms with Crippen molar-refractivity contribution >= 4 is 5.71 Å². The van der Waals surface area contributed by atoms with Crippen LogP contribution in [0, 0.1) is 11.3 Å². The molecule has 0 N–H and O–H groups in total. The summed E-state index contributed by atoms with van der Waals surface area (Å²) in [5.74, 6) is 0.500. The fourth-order valence-electron chi connectivity index (χ4n) is 3.27. The van der Waals surface area contributed by atoms with Crippen LogP contribution in [0.4, 0.5) is 0 Å². The normalized spacial score (nSPS) is 17.1. The van der Waals surface area contributed by atoms with Gasteiger partial charge in [0.1, 0.15) is 17.9 Å². The topological polar surface area (TPSA) is 85.3 Å². The molecule has 2 aliphatic rings. The predicted octanol–water partition coefficient (Wildman–Crippen LogP) is 2.64. The molecule has 1 fully saturated rings. The van der Waals surface area contributed by atoms with Crippen molar-refractivity contribution in [1.29, 1.82) is 5.26 Å². The molecule has 7 nitrogen and oxygen atoms in total. The lowest BCUT2D eigenvalue weighted by molar-refractivity contribution is 0.0236. The summed E-state index contributed by atoms with van der Waals surface area (Å²) < 4.78 is 13.5. The van der Waals surface area contributed by atoms with E-state index >= 15 is 0 Å². The Bertz CT molecular complexity index is 888. The average molecular weight is 351 g/mol. The highest BCUT2D eigenvalue weighted by Crippen LogP contribution is 2.32. The standard InChI is InChI=1S/C19H21N5O2/c1-12(2)24-11-14(10-22-24)18-17-13(9-21-18)7-15(8-20)23-19(17)26-16-3-5-25-6-4-16/h7,10-12,16H,3-6,9H2,1-2H3. The smallest absolute Gasteiger partial charge is 0.224 e. The van der Waals surface area contributed by atoms with Crippen LogP contribution in [0.2, 0.25) is 0 Å². The van der Waals surface area contributed by atoms with Crippen molar-refractivity contribution in [2.75, 3.05) is 13.2 Å². The molecule has 0 spiro atoms. The largest absolute Gasteiger partial charge is 0.474 e. The van der Waals surface area contributed by atoms with Crippen LogP contribution in [-0.2, 0) is 11.3 Å². The summed E-state index contributed by atoms with van der Waals surface area (Å²) in [4.78, 5) is 9.13. The van der Waals surface area contributed by atoms with Gasteiger partial charge in [-0.25, -0.2) is 4.98 Å². The molecular weight excluding hydrogens is 330 g/mol. The zero-order valence-electron chi connectivity index (χ0n) is 15.0. The fraction of sp³-hybridized carbons (Fsp3) is 0.474. The van der Waals surface area contributed by atoms with E-state index in [1.54, 1.807) is 6.07 Å². The molecule has 0 aliphatic carbocycles. The van der Waals surface area contributed by atoms with Gasteiger partial charge in [0.2, 0.25) is 5.88 Å². The Hall–Kier alpha value is -2.72. The van der Waals surface area contributed by atoms with Gasteiger partial charge in [-0.15, -0.1) is 0 Å². The van der Waals surface area contributed by atoms with Gasteiger partial charge in [0.15, 0.2) is 0 Å². The molecule has 7 heteroatoms. The maximum absolute atomic E-state index is 9.31. The second-order valence-corrected chi connectivity index (χ2v) is 6.86. The first-order valence-corrected chi connectivity index (χ1v) is 8.93. The number of hydrogen-bond acceptors (Lipinski definition) is 6. The Morgan fingerprint density at radius 1 is 1.35 bits per heavy atom. The second kappa shape index (κ2) is 6.89. The lowest BCUT2D eigenvalue weighted by atomic mass is 10.0. The zero-order chi connectivity index (χ0) is 18.1. The highest BCUT2D eigenvalue weighted by atomic mass is 16.5. The molecule has 0 unspecified atom stereocenters. The van der Waals surface area contributed by atoms with Crippen molar-refractivity contribution in [2.24, 2.45) is 4.99 Å². The van der Waals surface area contributed by atoms with Gasteiger partial charge in [0.25, 0.3) is 0 Å². The van der Waals surface area contributed by atoms with Crippen molar-refractivity contribution in [3.8, 4) is 11.9 Å². The van der Waals surface area contributed by atoms with E-state index in [9.17, 15) is 5.26 Å². The SMILES string of the molecule is CC(C)n1cc(C2=NCc3cc(C#N)nc(OC4CCOCC4)c32)cn1. The monoisotopic (exact) mass is 351 g/mol. The Kier molecular flexibility index (Phi) is 4.43. The number of pyridine rings is 1. The van der Waals surface area contributed by atoms with Crippen LogP contribution in [0.1, 0.15) is 55.1 Å². The average Bonchev–Trinajstić information content (AvgIpc) is 3.29. The molecule has 2 aromatic heterocycles. The quantitative estimate of drug-likeness (QED) is 0.845. The number of aliphatic imine (C=N–C) groups is 1. The Morgan fingerprint density at radius 2 is 2.15 bits per heavy atom. The van der Waals surface area contributed by atoms with E-state index in [1.165, 1.54) is 0 Å². The molecule has 0 saturated carbocycles. The van der Waals surface area contributed by atoms with E-state index < -0.39 is 0 Å². The van der Waals surface area contributed by atoms with Gasteiger partial charge in [0.05, 0.1) is 37.2 Å². The highest BCUT2D eigenvalue weighted by Gasteiger charge is 2.28. The maximum Gasteiger partial charge on any atom is 0.224 e. The molecule has 2 aromatic rings. The van der Waals surface area contributed by atoms with Gasteiger partial charge < -0.3 is 9.47 Å². The van der Waals surface area contributed by atoms with Crippen LogP contribution in [0.3, 0.4) is 0 Å². The van der Waals surface area contributed by atoms with E-state index in [0.717, 1.165) is 35.2 Å². The lowest BCUT2D eigenvalue weighted by Gasteiger charge is -2.24. The minimum Gasteiger partial charge on any atom is -0.474 e. The van der Waals surface area contributed by atoms with E-state index in [-0.39, 0.29) is 12.1 Å². The number of nitriles is 1. The molecule has 26 heavy (non-hydrogen) atoms. The second-order valence-electron chi connectivity index (χ2n) is 6.86. The van der Waals surface area contributed by atoms with Crippen LogP contribution in [0.5, 0.6) is 5.88 Å². The molecule has 0 bridgehead atoms. The Balaban J connectivity index is 1.72. The van der Waals surface area contributed by atoms with Crippen molar-refractivity contribution in [3.63, 3.8) is 0 Å². The van der Waals surface area contributed by atoms with Gasteiger partial charge in [-0.3, -0.25) is 9.67 Å². The molecule has 4 heterocycles. The molecular formula is C19H21N5O2. The van der Waals surface area contributed by atoms with Gasteiger partial charge in [-0.1, -0.05) is 0 Å². The van der Waals surface area contributed by atoms with Crippen LogP contribution in [0.15, 0.2) is 23.5 Å². The van der Waals surface area contributed by atoms with Crippen LogP contribution < -0.4 is 4.74 Å². The Morgan fingerprint density at radius 3 is 2.85 bits per heavy atom. The van der Waals surface area contributed by atoms with Crippen LogP contribution in [0.25, 0.3) is 0 Å². The molecule has 134 valence electrons. The number of rotatable bonds is 4. The summed E-state index contributed by atoms with van der Waals surface area (Å²) in [5.41, 5.74) is 4.01. The zero-order valence-corrected chi connectivity index (χ0v) is 15.0. The van der Waals surface area contributed by atoms with Gasteiger partial charge in [-0.2, -0.15) is 10.4 Å². The minimum absolute atomic E-state index is 0.0505. The number of ether oxygens (including phenoxy) is 2. The molecule has 0 radical (unpaired) electrons. The molecule has 0 amide bonds. The summed E-state index contributed by atoms with van der Waals surface area (Å²) in [6.45, 7) is 6.07. The van der Waals surface area contributed by atoms with E-state index in [0.29, 0.717) is 31.3 Å². The number of aromatic nitrogens is 3. The summed E-state index contributed by atoms with van der Waals surface area (Å²) in [6, 6.07) is 4.21. The van der Waals surface area contributed by atoms with Crippen molar-refractivity contribution in [1.82, 2.24) is 14.8 Å². The first kappa shape index (κ1) is 16.7. The third kappa shape index (κ3) is 3.08. The number of hydrogen-bond donors (Lipinski definition) is 0. The minimum atomic E-state index is 0.0505. The summed E-state index contributed by atoms with van der Waals surface area (Å²) in [7, 11) is 0. The summed E-state index contributed by atoms with van der Waals surface area (Å²) >= 11 is 0. The third-order valence-electron chi connectivity index (χ3n) is 4.68. The summed E-state index contributed by atoms with van der Waals surface area (Å²) in [5, 5.41) is 13.7. The van der Waals surface area contributed by atoms with Gasteiger partial charge in [-0.05, 0) is 25.5 Å².